The molecule has 0 fully saturated rings. The summed E-state index contributed by atoms with van der Waals surface area (Å²) < 4.78 is 36.1. The zero-order valence-corrected chi connectivity index (χ0v) is 8.06. The largest absolute Gasteiger partial charge is 0.478 e. The van der Waals surface area contributed by atoms with E-state index in [1.165, 1.54) is 0 Å². The quantitative estimate of drug-likeness (QED) is 0.853. The van der Waals surface area contributed by atoms with Crippen molar-refractivity contribution in [2.45, 2.75) is 6.18 Å². The molecule has 0 amide bonds. The maximum atomic E-state index is 12.2. The Morgan fingerprint density at radius 2 is 2.07 bits per heavy atom. The van der Waals surface area contributed by atoms with Crippen molar-refractivity contribution >= 4 is 21.9 Å². The van der Waals surface area contributed by atoms with Gasteiger partial charge in [0.15, 0.2) is 5.69 Å². The molecule has 1 aromatic rings. The van der Waals surface area contributed by atoms with E-state index in [2.05, 4.69) is 20.9 Å². The first-order chi connectivity index (χ1) is 6.34. The SMILES string of the molecule is O=C(O)c1ccnc(C(F)(F)F)c1Br. The van der Waals surface area contributed by atoms with Crippen LogP contribution in [0.5, 0.6) is 0 Å². The number of rotatable bonds is 1. The molecule has 7 heteroatoms. The summed E-state index contributed by atoms with van der Waals surface area (Å²) in [4.78, 5) is 13.5. The smallest absolute Gasteiger partial charge is 0.434 e. The normalized spacial score (nSPS) is 11.4. The van der Waals surface area contributed by atoms with Crippen LogP contribution < -0.4 is 0 Å². The molecule has 0 saturated heterocycles. The van der Waals surface area contributed by atoms with Gasteiger partial charge in [-0.05, 0) is 22.0 Å². The van der Waals surface area contributed by atoms with Gasteiger partial charge < -0.3 is 5.11 Å². The summed E-state index contributed by atoms with van der Waals surface area (Å²) in [7, 11) is 0. The molecule has 1 aromatic heterocycles. The van der Waals surface area contributed by atoms with E-state index in [1.807, 2.05) is 0 Å². The number of carboxylic acids is 1. The van der Waals surface area contributed by atoms with E-state index < -0.39 is 27.9 Å². The third-order valence-corrected chi connectivity index (χ3v) is 2.19. The highest BCUT2D eigenvalue weighted by molar-refractivity contribution is 9.10. The number of nitrogens with zero attached hydrogens (tertiary/aromatic N) is 1. The molecule has 0 spiro atoms. The minimum atomic E-state index is -4.66. The van der Waals surface area contributed by atoms with Gasteiger partial charge in [0.05, 0.1) is 10.0 Å². The molecule has 0 unspecified atom stereocenters. The highest BCUT2D eigenvalue weighted by Gasteiger charge is 2.36. The number of aromatic nitrogens is 1. The number of hydrogen-bond donors (Lipinski definition) is 1. The fourth-order valence-electron chi connectivity index (χ4n) is 0.807. The van der Waals surface area contributed by atoms with Gasteiger partial charge in [-0.25, -0.2) is 4.79 Å². The van der Waals surface area contributed by atoms with Crippen LogP contribution in [0.2, 0.25) is 0 Å². The van der Waals surface area contributed by atoms with Gasteiger partial charge in [-0.2, -0.15) is 13.2 Å². The molecule has 1 N–H and O–H groups in total. The van der Waals surface area contributed by atoms with Crippen LogP contribution in [-0.4, -0.2) is 16.1 Å². The number of carboxylic acid groups (broad SMARTS) is 1. The molecule has 0 aliphatic rings. The average Bonchev–Trinajstić information content (AvgIpc) is 2.01. The average molecular weight is 270 g/mol. The van der Waals surface area contributed by atoms with Crippen molar-refractivity contribution in [2.24, 2.45) is 0 Å². The van der Waals surface area contributed by atoms with Crippen LogP contribution in [0.15, 0.2) is 16.7 Å². The Morgan fingerprint density at radius 1 is 1.50 bits per heavy atom. The van der Waals surface area contributed by atoms with Crippen LogP contribution in [0, 0.1) is 0 Å². The van der Waals surface area contributed by atoms with E-state index in [0.717, 1.165) is 12.3 Å². The van der Waals surface area contributed by atoms with Crippen molar-refractivity contribution in [1.29, 1.82) is 0 Å². The Labute approximate surface area is 84.7 Å². The summed E-state index contributed by atoms with van der Waals surface area (Å²) in [6, 6.07) is 0.988. The molecule has 0 saturated carbocycles. The molecule has 14 heavy (non-hydrogen) atoms. The second-order valence-corrected chi connectivity index (χ2v) is 3.12. The van der Waals surface area contributed by atoms with E-state index in [4.69, 9.17) is 5.11 Å². The van der Waals surface area contributed by atoms with Gasteiger partial charge in [-0.1, -0.05) is 0 Å². The van der Waals surface area contributed by atoms with Crippen molar-refractivity contribution < 1.29 is 23.1 Å². The summed E-state index contributed by atoms with van der Waals surface area (Å²) in [5.74, 6) is -1.44. The van der Waals surface area contributed by atoms with Gasteiger partial charge in [0.2, 0.25) is 0 Å². The maximum Gasteiger partial charge on any atom is 0.434 e. The van der Waals surface area contributed by atoms with Crippen molar-refractivity contribution in [2.75, 3.05) is 0 Å². The Hall–Kier alpha value is -1.11. The number of aromatic carboxylic acids is 1. The molecule has 3 nitrogen and oxygen atoms in total. The first-order valence-electron chi connectivity index (χ1n) is 3.29. The molecular formula is C7H3BrF3NO2. The summed E-state index contributed by atoms with van der Waals surface area (Å²) in [6.45, 7) is 0. The van der Waals surface area contributed by atoms with E-state index in [1.54, 1.807) is 0 Å². The fraction of sp³-hybridized carbons (Fsp3) is 0.143. The lowest BCUT2D eigenvalue weighted by Crippen LogP contribution is -2.11. The second-order valence-electron chi connectivity index (χ2n) is 2.32. The lowest BCUT2D eigenvalue weighted by atomic mass is 10.2. The van der Waals surface area contributed by atoms with E-state index in [9.17, 15) is 18.0 Å². The summed E-state index contributed by atoms with van der Waals surface area (Å²) >= 11 is 2.55. The standard InChI is InChI=1S/C7H3BrF3NO2/c8-4-3(6(13)14)1-2-12-5(4)7(9,10)11/h1-2H,(H,13,14). The monoisotopic (exact) mass is 269 g/mol. The van der Waals surface area contributed by atoms with Crippen LogP contribution in [0.3, 0.4) is 0 Å². The van der Waals surface area contributed by atoms with Gasteiger partial charge in [0.1, 0.15) is 0 Å². The molecule has 0 bridgehead atoms. The van der Waals surface area contributed by atoms with E-state index >= 15 is 0 Å². The Morgan fingerprint density at radius 3 is 2.50 bits per heavy atom. The zero-order chi connectivity index (χ0) is 10.9. The highest BCUT2D eigenvalue weighted by atomic mass is 79.9. The third kappa shape index (κ3) is 2.03. The predicted octanol–water partition coefficient (Wildman–Crippen LogP) is 2.56. The van der Waals surface area contributed by atoms with Crippen molar-refractivity contribution in [1.82, 2.24) is 4.98 Å². The van der Waals surface area contributed by atoms with Gasteiger partial charge in [0.25, 0.3) is 0 Å². The molecule has 76 valence electrons. The van der Waals surface area contributed by atoms with Gasteiger partial charge in [0, 0.05) is 6.20 Å². The van der Waals surface area contributed by atoms with Crippen molar-refractivity contribution in [3.05, 3.63) is 28.0 Å². The van der Waals surface area contributed by atoms with Gasteiger partial charge in [-0.15, -0.1) is 0 Å². The molecule has 0 aromatic carbocycles. The second kappa shape index (κ2) is 3.56. The fourth-order valence-corrected chi connectivity index (χ4v) is 1.44. The minimum absolute atomic E-state index is 0.465. The molecule has 0 aliphatic heterocycles. The number of alkyl halides is 3. The first kappa shape index (κ1) is 11.0. The number of halogens is 4. The summed E-state index contributed by atoms with van der Waals surface area (Å²) in [6.07, 6.45) is -3.86. The van der Waals surface area contributed by atoms with Crippen LogP contribution in [0.4, 0.5) is 13.2 Å². The zero-order valence-electron chi connectivity index (χ0n) is 6.47. The van der Waals surface area contributed by atoms with Gasteiger partial charge >= 0.3 is 12.1 Å². The highest BCUT2D eigenvalue weighted by Crippen LogP contribution is 2.34. The Kier molecular flexibility index (Phi) is 2.79. The van der Waals surface area contributed by atoms with Crippen molar-refractivity contribution in [3.8, 4) is 0 Å². The number of hydrogen-bond acceptors (Lipinski definition) is 2. The van der Waals surface area contributed by atoms with Crippen LogP contribution in [-0.2, 0) is 6.18 Å². The minimum Gasteiger partial charge on any atom is -0.478 e. The number of carbonyl (C=O) groups is 1. The van der Waals surface area contributed by atoms with E-state index in [0.29, 0.717) is 0 Å². The van der Waals surface area contributed by atoms with E-state index in [-0.39, 0.29) is 0 Å². The Balaban J connectivity index is 3.35. The molecule has 1 rings (SSSR count). The summed E-state index contributed by atoms with van der Waals surface area (Å²) in [5, 5.41) is 8.53. The van der Waals surface area contributed by atoms with Crippen LogP contribution in [0.1, 0.15) is 16.1 Å². The maximum absolute atomic E-state index is 12.2. The molecular weight excluding hydrogens is 267 g/mol. The number of pyridine rings is 1. The topological polar surface area (TPSA) is 50.2 Å². The molecule has 0 atom stereocenters. The molecule has 0 radical (unpaired) electrons. The predicted molar refractivity (Wildman–Crippen MR) is 43.9 cm³/mol. The Bertz CT molecular complexity index is 378. The lowest BCUT2D eigenvalue weighted by Gasteiger charge is -2.08. The van der Waals surface area contributed by atoms with Crippen LogP contribution >= 0.6 is 15.9 Å². The van der Waals surface area contributed by atoms with Crippen LogP contribution in [0.25, 0.3) is 0 Å². The third-order valence-electron chi connectivity index (χ3n) is 1.39. The molecule has 0 aliphatic carbocycles. The first-order valence-corrected chi connectivity index (χ1v) is 4.08. The summed E-state index contributed by atoms with van der Waals surface area (Å²) in [5.41, 5.74) is -1.70. The lowest BCUT2D eigenvalue weighted by molar-refractivity contribution is -0.141. The van der Waals surface area contributed by atoms with Gasteiger partial charge in [-0.3, -0.25) is 4.98 Å². The molecule has 1 heterocycles. The van der Waals surface area contributed by atoms with Crippen molar-refractivity contribution in [3.63, 3.8) is 0 Å².